The van der Waals surface area contributed by atoms with Crippen molar-refractivity contribution in [3.63, 3.8) is 0 Å². The standard InChI is InChI=1S/C15H11ClF3NO2/c1-20-12-5-4-10(16)8-11(12)14(15(17,18)19,22-13(20)21)7-6-9-2-3-9/h4-5,8-9H,2-3H2,1H3/t14-/m0/s1. The summed E-state index contributed by atoms with van der Waals surface area (Å²) in [5.74, 6) is 4.66. The first-order valence-electron chi connectivity index (χ1n) is 6.61. The van der Waals surface area contributed by atoms with Crippen LogP contribution in [-0.4, -0.2) is 19.3 Å². The maximum Gasteiger partial charge on any atom is 0.445 e. The number of hydrogen-bond donors (Lipinski definition) is 0. The van der Waals surface area contributed by atoms with Crippen molar-refractivity contribution in [2.45, 2.75) is 24.6 Å². The van der Waals surface area contributed by atoms with E-state index < -0.39 is 17.9 Å². The first-order chi connectivity index (χ1) is 10.2. The highest BCUT2D eigenvalue weighted by molar-refractivity contribution is 6.30. The lowest BCUT2D eigenvalue weighted by atomic mass is 9.89. The van der Waals surface area contributed by atoms with Gasteiger partial charge < -0.3 is 4.74 Å². The number of cyclic esters (lactones) is 1. The molecule has 1 atom stereocenters. The Morgan fingerprint density at radius 3 is 2.68 bits per heavy atom. The molecule has 1 saturated carbocycles. The van der Waals surface area contributed by atoms with Gasteiger partial charge in [0, 0.05) is 23.6 Å². The van der Waals surface area contributed by atoms with Crippen LogP contribution in [0.2, 0.25) is 5.02 Å². The Morgan fingerprint density at radius 1 is 1.41 bits per heavy atom. The second-order valence-electron chi connectivity index (χ2n) is 5.31. The van der Waals surface area contributed by atoms with Gasteiger partial charge in [-0.2, -0.15) is 13.2 Å². The number of benzene rings is 1. The molecule has 1 aliphatic heterocycles. The molecule has 0 aromatic heterocycles. The molecule has 1 aromatic rings. The Balaban J connectivity index is 2.25. The minimum Gasteiger partial charge on any atom is -0.415 e. The van der Waals surface area contributed by atoms with E-state index in [9.17, 15) is 18.0 Å². The zero-order valence-corrected chi connectivity index (χ0v) is 12.3. The van der Waals surface area contributed by atoms with Gasteiger partial charge in [-0.15, -0.1) is 0 Å². The first-order valence-corrected chi connectivity index (χ1v) is 6.98. The summed E-state index contributed by atoms with van der Waals surface area (Å²) in [7, 11) is 1.34. The third-order valence-electron chi connectivity index (χ3n) is 3.64. The molecule has 0 spiro atoms. The molecule has 0 unspecified atom stereocenters. The third-order valence-corrected chi connectivity index (χ3v) is 3.88. The SMILES string of the molecule is CN1C(=O)O[C@](C#CC2CC2)(C(F)(F)F)c2cc(Cl)ccc21. The monoisotopic (exact) mass is 329 g/mol. The third kappa shape index (κ3) is 2.30. The number of alkyl halides is 3. The molecular weight excluding hydrogens is 319 g/mol. The van der Waals surface area contributed by atoms with Crippen LogP contribution in [0.3, 0.4) is 0 Å². The molecule has 3 rings (SSSR count). The van der Waals surface area contributed by atoms with Gasteiger partial charge in [0.2, 0.25) is 0 Å². The van der Waals surface area contributed by atoms with E-state index in [4.69, 9.17) is 16.3 Å². The number of anilines is 1. The first kappa shape index (κ1) is 15.0. The van der Waals surface area contributed by atoms with Gasteiger partial charge in [-0.1, -0.05) is 17.5 Å². The number of halogens is 4. The predicted molar refractivity (Wildman–Crippen MR) is 74.6 cm³/mol. The molecule has 1 heterocycles. The van der Waals surface area contributed by atoms with Crippen LogP contribution in [0.4, 0.5) is 23.7 Å². The predicted octanol–water partition coefficient (Wildman–Crippen LogP) is 4.10. The summed E-state index contributed by atoms with van der Waals surface area (Å²) in [6.45, 7) is 0. The van der Waals surface area contributed by atoms with Gasteiger partial charge in [0.15, 0.2) is 0 Å². The molecule has 7 heteroatoms. The molecule has 0 N–H and O–H groups in total. The van der Waals surface area contributed by atoms with E-state index in [0.29, 0.717) is 0 Å². The summed E-state index contributed by atoms with van der Waals surface area (Å²) in [5, 5.41) is 0.118. The van der Waals surface area contributed by atoms with Crippen LogP contribution in [0.1, 0.15) is 18.4 Å². The average molecular weight is 330 g/mol. The van der Waals surface area contributed by atoms with Crippen LogP contribution >= 0.6 is 11.6 Å². The van der Waals surface area contributed by atoms with Crippen LogP contribution < -0.4 is 4.90 Å². The Labute approximate surface area is 130 Å². The van der Waals surface area contributed by atoms with Crippen LogP contribution in [0.25, 0.3) is 0 Å². The molecule has 3 nitrogen and oxygen atoms in total. The van der Waals surface area contributed by atoms with E-state index in [-0.39, 0.29) is 22.2 Å². The van der Waals surface area contributed by atoms with Crippen molar-refractivity contribution < 1.29 is 22.7 Å². The van der Waals surface area contributed by atoms with Crippen LogP contribution in [0, 0.1) is 17.8 Å². The highest BCUT2D eigenvalue weighted by Gasteiger charge is 2.62. The van der Waals surface area contributed by atoms with Crippen molar-refractivity contribution in [3.8, 4) is 11.8 Å². The zero-order chi connectivity index (χ0) is 16.1. The second-order valence-corrected chi connectivity index (χ2v) is 5.75. The van der Waals surface area contributed by atoms with Gasteiger partial charge in [0.05, 0.1) is 5.69 Å². The summed E-state index contributed by atoms with van der Waals surface area (Å²) in [5.41, 5.74) is -3.15. The number of hydrogen-bond acceptors (Lipinski definition) is 2. The average Bonchev–Trinajstić information content (AvgIpc) is 3.24. The number of carbonyl (C=O) groups excluding carboxylic acids is 1. The summed E-state index contributed by atoms with van der Waals surface area (Å²) >= 11 is 5.84. The van der Waals surface area contributed by atoms with E-state index in [1.54, 1.807) is 0 Å². The molecule has 0 radical (unpaired) electrons. The molecule has 1 aliphatic carbocycles. The van der Waals surface area contributed by atoms with Crippen molar-refractivity contribution in [1.29, 1.82) is 0 Å². The summed E-state index contributed by atoms with van der Waals surface area (Å²) in [4.78, 5) is 12.9. The Hall–Kier alpha value is -1.87. The van der Waals surface area contributed by atoms with Gasteiger partial charge in [0.1, 0.15) is 0 Å². The van der Waals surface area contributed by atoms with E-state index in [2.05, 4.69) is 11.8 Å². The van der Waals surface area contributed by atoms with Crippen molar-refractivity contribution >= 4 is 23.4 Å². The molecule has 1 fully saturated rings. The number of carbonyl (C=O) groups is 1. The maximum absolute atomic E-state index is 13.7. The van der Waals surface area contributed by atoms with Gasteiger partial charge in [-0.05, 0) is 37.0 Å². The summed E-state index contributed by atoms with van der Waals surface area (Å²) in [6, 6.07) is 3.93. The topological polar surface area (TPSA) is 29.5 Å². The minimum absolute atomic E-state index is 0.0692. The lowest BCUT2D eigenvalue weighted by Crippen LogP contribution is -2.52. The number of rotatable bonds is 0. The van der Waals surface area contributed by atoms with Crippen LogP contribution in [0.15, 0.2) is 18.2 Å². The van der Waals surface area contributed by atoms with E-state index in [1.807, 2.05) is 0 Å². The number of amides is 1. The van der Waals surface area contributed by atoms with Crippen molar-refractivity contribution in [2.75, 3.05) is 11.9 Å². The lowest BCUT2D eigenvalue weighted by Gasteiger charge is -2.39. The van der Waals surface area contributed by atoms with Crippen molar-refractivity contribution in [2.24, 2.45) is 5.92 Å². The molecule has 0 bridgehead atoms. The fourth-order valence-corrected chi connectivity index (χ4v) is 2.41. The Bertz CT molecular complexity index is 703. The van der Waals surface area contributed by atoms with Crippen molar-refractivity contribution in [3.05, 3.63) is 28.8 Å². The Kier molecular flexibility index (Phi) is 3.29. The van der Waals surface area contributed by atoms with E-state index >= 15 is 0 Å². The lowest BCUT2D eigenvalue weighted by molar-refractivity contribution is -0.240. The van der Waals surface area contributed by atoms with Gasteiger partial charge in [-0.3, -0.25) is 4.90 Å². The highest BCUT2D eigenvalue weighted by Crippen LogP contribution is 2.49. The summed E-state index contributed by atoms with van der Waals surface area (Å²) in [6.07, 6.45) is -4.45. The van der Waals surface area contributed by atoms with E-state index in [0.717, 1.165) is 23.8 Å². The highest BCUT2D eigenvalue weighted by atomic mass is 35.5. The summed E-state index contributed by atoms with van der Waals surface area (Å²) < 4.78 is 46.0. The Morgan fingerprint density at radius 2 is 2.09 bits per heavy atom. The van der Waals surface area contributed by atoms with Crippen LogP contribution in [-0.2, 0) is 10.3 Å². The normalized spacial score (nSPS) is 24.2. The fourth-order valence-electron chi connectivity index (χ4n) is 2.24. The molecule has 1 aromatic carbocycles. The second kappa shape index (κ2) is 4.82. The number of ether oxygens (including phenoxy) is 1. The zero-order valence-electron chi connectivity index (χ0n) is 11.5. The maximum atomic E-state index is 13.7. The molecule has 0 saturated heterocycles. The molecule has 1 amide bonds. The van der Waals surface area contributed by atoms with Gasteiger partial charge >= 0.3 is 12.3 Å². The molecular formula is C15H11ClF3NO2. The molecule has 116 valence electrons. The van der Waals surface area contributed by atoms with E-state index in [1.165, 1.54) is 19.2 Å². The number of fused-ring (bicyclic) bond motifs is 1. The van der Waals surface area contributed by atoms with Crippen molar-refractivity contribution in [1.82, 2.24) is 0 Å². The molecule has 22 heavy (non-hydrogen) atoms. The molecule has 2 aliphatic rings. The minimum atomic E-state index is -4.87. The van der Waals surface area contributed by atoms with Gasteiger partial charge in [0.25, 0.3) is 5.60 Å². The number of nitrogens with zero attached hydrogens (tertiary/aromatic N) is 1. The van der Waals surface area contributed by atoms with Crippen LogP contribution in [0.5, 0.6) is 0 Å². The largest absolute Gasteiger partial charge is 0.445 e. The smallest absolute Gasteiger partial charge is 0.415 e. The van der Waals surface area contributed by atoms with Gasteiger partial charge in [-0.25, -0.2) is 4.79 Å². The quantitative estimate of drug-likeness (QED) is 0.671. The fraction of sp³-hybridized carbons (Fsp3) is 0.400.